The van der Waals surface area contributed by atoms with Gasteiger partial charge in [0.15, 0.2) is 11.5 Å². The minimum atomic E-state index is -1.31. The second kappa shape index (κ2) is 4.31. The van der Waals surface area contributed by atoms with Crippen molar-refractivity contribution < 1.29 is 24.1 Å². The van der Waals surface area contributed by atoms with Gasteiger partial charge in [0.1, 0.15) is 5.82 Å². The maximum absolute atomic E-state index is 13.6. The number of aromatic hydroxyl groups is 1. The molecule has 1 saturated carbocycles. The molecule has 0 bridgehead atoms. The molecule has 4 nitrogen and oxygen atoms in total. The van der Waals surface area contributed by atoms with Gasteiger partial charge in [0, 0.05) is 11.6 Å². The maximum Gasteiger partial charge on any atom is 0.314 e. The third-order valence-electron chi connectivity index (χ3n) is 3.47. The molecule has 98 valence electrons. The lowest BCUT2D eigenvalue weighted by Crippen LogP contribution is -2.42. The van der Waals surface area contributed by atoms with Crippen LogP contribution < -0.4 is 4.74 Å². The summed E-state index contributed by atoms with van der Waals surface area (Å²) in [5.41, 5.74) is -1.39. The van der Waals surface area contributed by atoms with Crippen LogP contribution in [0.2, 0.25) is 5.02 Å². The topological polar surface area (TPSA) is 66.8 Å². The van der Waals surface area contributed by atoms with Crippen LogP contribution in [0, 0.1) is 5.82 Å². The van der Waals surface area contributed by atoms with Crippen LogP contribution >= 0.6 is 11.6 Å². The zero-order valence-electron chi connectivity index (χ0n) is 9.67. The van der Waals surface area contributed by atoms with Gasteiger partial charge < -0.3 is 14.9 Å². The highest BCUT2D eigenvalue weighted by Gasteiger charge is 2.50. The Kier molecular flexibility index (Phi) is 3.11. The van der Waals surface area contributed by atoms with Crippen LogP contribution in [0.3, 0.4) is 0 Å². The number of benzene rings is 1. The quantitative estimate of drug-likeness (QED) is 0.889. The molecule has 2 N–H and O–H groups in total. The summed E-state index contributed by atoms with van der Waals surface area (Å²) in [5.74, 6) is -2.42. The van der Waals surface area contributed by atoms with Gasteiger partial charge in [0.25, 0.3) is 0 Å². The Labute approximate surface area is 108 Å². The molecule has 2 rings (SSSR count). The van der Waals surface area contributed by atoms with Gasteiger partial charge in [-0.05, 0) is 12.8 Å². The fourth-order valence-corrected chi connectivity index (χ4v) is 2.61. The zero-order valence-corrected chi connectivity index (χ0v) is 10.4. The molecule has 0 saturated heterocycles. The number of hydrogen-bond donors (Lipinski definition) is 2. The molecule has 0 atom stereocenters. The molecule has 1 fully saturated rings. The number of aliphatic carboxylic acids is 1. The van der Waals surface area contributed by atoms with Crippen molar-refractivity contribution in [3.05, 3.63) is 22.5 Å². The lowest BCUT2D eigenvalue weighted by molar-refractivity contribution is -0.147. The summed E-state index contributed by atoms with van der Waals surface area (Å²) in [5, 5.41) is 19.0. The molecule has 0 unspecified atom stereocenters. The van der Waals surface area contributed by atoms with E-state index in [0.29, 0.717) is 19.3 Å². The van der Waals surface area contributed by atoms with Gasteiger partial charge in [-0.1, -0.05) is 18.0 Å². The van der Waals surface area contributed by atoms with Crippen LogP contribution in [0.15, 0.2) is 6.07 Å². The van der Waals surface area contributed by atoms with E-state index in [1.807, 2.05) is 0 Å². The number of halogens is 2. The monoisotopic (exact) mass is 274 g/mol. The lowest BCUT2D eigenvalue weighted by Gasteiger charge is -2.39. The standard InChI is InChI=1S/C12H12ClFO4/c1-18-7-5-6(14)9(13)8(10(7)15)12(11(16)17)3-2-4-12/h5,15H,2-4H2,1H3,(H,16,17). The molecule has 0 spiro atoms. The first kappa shape index (κ1) is 13.0. The SMILES string of the molecule is COc1cc(F)c(Cl)c(C2(C(=O)O)CCC2)c1O. The van der Waals surface area contributed by atoms with Gasteiger partial charge in [-0.2, -0.15) is 0 Å². The smallest absolute Gasteiger partial charge is 0.314 e. The van der Waals surface area contributed by atoms with Crippen molar-refractivity contribution in [2.45, 2.75) is 24.7 Å². The van der Waals surface area contributed by atoms with E-state index in [0.717, 1.165) is 6.07 Å². The highest BCUT2D eigenvalue weighted by Crippen LogP contribution is 2.52. The number of ether oxygens (including phenoxy) is 1. The molecule has 0 aliphatic heterocycles. The van der Waals surface area contributed by atoms with Gasteiger partial charge in [0.05, 0.1) is 17.5 Å². The minimum Gasteiger partial charge on any atom is -0.504 e. The number of carboxylic acids is 1. The highest BCUT2D eigenvalue weighted by molar-refractivity contribution is 6.32. The van der Waals surface area contributed by atoms with E-state index >= 15 is 0 Å². The molecule has 0 amide bonds. The first-order valence-electron chi connectivity index (χ1n) is 5.43. The maximum atomic E-state index is 13.6. The number of phenolic OH excluding ortho intramolecular Hbond substituents is 1. The fraction of sp³-hybridized carbons (Fsp3) is 0.417. The molecule has 0 heterocycles. The first-order chi connectivity index (χ1) is 8.44. The van der Waals surface area contributed by atoms with Crippen LogP contribution in [0.25, 0.3) is 0 Å². The first-order valence-corrected chi connectivity index (χ1v) is 5.80. The Morgan fingerprint density at radius 2 is 2.17 bits per heavy atom. The number of hydrogen-bond acceptors (Lipinski definition) is 3. The van der Waals surface area contributed by atoms with Gasteiger partial charge >= 0.3 is 5.97 Å². The van der Waals surface area contributed by atoms with Crippen LogP contribution in [0.5, 0.6) is 11.5 Å². The zero-order chi connectivity index (χ0) is 13.5. The Morgan fingerprint density at radius 1 is 1.56 bits per heavy atom. The molecule has 18 heavy (non-hydrogen) atoms. The van der Waals surface area contributed by atoms with Gasteiger partial charge in [-0.25, -0.2) is 4.39 Å². The van der Waals surface area contributed by atoms with Crippen molar-refractivity contribution in [1.82, 2.24) is 0 Å². The Balaban J connectivity index is 2.70. The largest absolute Gasteiger partial charge is 0.504 e. The Hall–Kier alpha value is -1.49. The second-order valence-electron chi connectivity index (χ2n) is 4.34. The van der Waals surface area contributed by atoms with Crippen LogP contribution in [0.1, 0.15) is 24.8 Å². The Morgan fingerprint density at radius 3 is 2.56 bits per heavy atom. The van der Waals surface area contributed by atoms with Crippen molar-refractivity contribution in [2.75, 3.05) is 7.11 Å². The van der Waals surface area contributed by atoms with E-state index in [1.54, 1.807) is 0 Å². The molecule has 0 radical (unpaired) electrons. The number of rotatable bonds is 3. The Bertz CT molecular complexity index is 511. The fourth-order valence-electron chi connectivity index (χ4n) is 2.29. The third kappa shape index (κ3) is 1.61. The number of carboxylic acid groups (broad SMARTS) is 1. The molecule has 1 aromatic carbocycles. The van der Waals surface area contributed by atoms with E-state index in [-0.39, 0.29) is 16.3 Å². The molecular weight excluding hydrogens is 263 g/mol. The predicted molar refractivity (Wildman–Crippen MR) is 62.8 cm³/mol. The summed E-state index contributed by atoms with van der Waals surface area (Å²) in [4.78, 5) is 11.4. The summed E-state index contributed by atoms with van der Waals surface area (Å²) in [6, 6.07) is 0.940. The van der Waals surface area contributed by atoms with Crippen molar-refractivity contribution in [3.8, 4) is 11.5 Å². The average molecular weight is 275 g/mol. The average Bonchev–Trinajstić information content (AvgIpc) is 2.26. The van der Waals surface area contributed by atoms with E-state index in [1.165, 1.54) is 7.11 Å². The summed E-state index contributed by atoms with van der Waals surface area (Å²) in [6.07, 6.45) is 1.34. The number of methoxy groups -OCH3 is 1. The highest BCUT2D eigenvalue weighted by atomic mass is 35.5. The third-order valence-corrected chi connectivity index (χ3v) is 3.84. The van der Waals surface area contributed by atoms with E-state index in [4.69, 9.17) is 16.3 Å². The molecule has 1 aliphatic rings. The minimum absolute atomic E-state index is 0.0835. The van der Waals surface area contributed by atoms with E-state index < -0.39 is 23.0 Å². The lowest BCUT2D eigenvalue weighted by atomic mass is 9.64. The normalized spacial score (nSPS) is 17.1. The molecule has 6 heteroatoms. The van der Waals surface area contributed by atoms with Crippen molar-refractivity contribution in [3.63, 3.8) is 0 Å². The second-order valence-corrected chi connectivity index (χ2v) is 4.72. The summed E-state index contributed by atoms with van der Waals surface area (Å²) < 4.78 is 18.5. The molecule has 1 aromatic rings. The summed E-state index contributed by atoms with van der Waals surface area (Å²) in [7, 11) is 1.26. The molecule has 1 aliphatic carbocycles. The van der Waals surface area contributed by atoms with Gasteiger partial charge in [0.2, 0.25) is 0 Å². The van der Waals surface area contributed by atoms with Crippen molar-refractivity contribution >= 4 is 17.6 Å². The summed E-state index contributed by atoms with van der Waals surface area (Å²) in [6.45, 7) is 0. The summed E-state index contributed by atoms with van der Waals surface area (Å²) >= 11 is 5.81. The predicted octanol–water partition coefficient (Wildman–Crippen LogP) is 2.70. The molecule has 0 aromatic heterocycles. The number of carbonyl (C=O) groups is 1. The molecular formula is C12H12ClFO4. The number of phenols is 1. The van der Waals surface area contributed by atoms with Crippen LogP contribution in [-0.4, -0.2) is 23.3 Å². The van der Waals surface area contributed by atoms with Crippen molar-refractivity contribution in [1.29, 1.82) is 0 Å². The van der Waals surface area contributed by atoms with Gasteiger partial charge in [-0.15, -0.1) is 0 Å². The van der Waals surface area contributed by atoms with Crippen LogP contribution in [-0.2, 0) is 10.2 Å². The van der Waals surface area contributed by atoms with Crippen LogP contribution in [0.4, 0.5) is 4.39 Å². The van der Waals surface area contributed by atoms with Crippen molar-refractivity contribution in [2.24, 2.45) is 0 Å². The van der Waals surface area contributed by atoms with Gasteiger partial charge in [-0.3, -0.25) is 4.79 Å². The van der Waals surface area contributed by atoms with E-state index in [2.05, 4.69) is 0 Å². The van der Waals surface area contributed by atoms with E-state index in [9.17, 15) is 19.4 Å².